The summed E-state index contributed by atoms with van der Waals surface area (Å²) in [6.07, 6.45) is 4.01. The number of nitrogens with zero attached hydrogens (tertiary/aromatic N) is 5. The largest absolute Gasteiger partial charge is 0.387 e. The molecule has 124 valence electrons. The molecule has 1 N–H and O–H groups in total. The summed E-state index contributed by atoms with van der Waals surface area (Å²) in [7, 11) is 5.61. The Kier molecular flexibility index (Phi) is 3.95. The number of carbonyl (C=O) groups is 1. The first-order valence-corrected chi connectivity index (χ1v) is 7.48. The Labute approximate surface area is 134 Å². The maximum absolute atomic E-state index is 12.5. The molecule has 1 atom stereocenters. The SMILES string of the molecule is CN(C)CC1(O)CCN(C(=O)c2cc(-c3cnn(C)c3)on2)C1. The molecule has 1 fully saturated rings. The van der Waals surface area contributed by atoms with E-state index in [9.17, 15) is 9.90 Å². The highest BCUT2D eigenvalue weighted by Gasteiger charge is 2.39. The van der Waals surface area contributed by atoms with E-state index in [1.54, 1.807) is 28.0 Å². The summed E-state index contributed by atoms with van der Waals surface area (Å²) in [6, 6.07) is 1.61. The lowest BCUT2D eigenvalue weighted by atomic mass is 10.0. The lowest BCUT2D eigenvalue weighted by molar-refractivity contribution is 0.0234. The molecule has 3 heterocycles. The molecule has 1 unspecified atom stereocenters. The van der Waals surface area contributed by atoms with Crippen LogP contribution in [0.2, 0.25) is 0 Å². The first kappa shape index (κ1) is 15.7. The number of likely N-dealkylation sites (tertiary alicyclic amines) is 1. The summed E-state index contributed by atoms with van der Waals surface area (Å²) in [5.74, 6) is 0.280. The van der Waals surface area contributed by atoms with Crippen LogP contribution in [0, 0.1) is 0 Å². The second kappa shape index (κ2) is 5.78. The van der Waals surface area contributed by atoms with E-state index in [1.807, 2.05) is 26.0 Å². The summed E-state index contributed by atoms with van der Waals surface area (Å²) in [4.78, 5) is 16.1. The number of aliphatic hydroxyl groups is 1. The van der Waals surface area contributed by atoms with Crippen LogP contribution in [0.3, 0.4) is 0 Å². The van der Waals surface area contributed by atoms with Crippen LogP contribution in [-0.4, -0.2) is 75.1 Å². The van der Waals surface area contributed by atoms with E-state index in [0.717, 1.165) is 5.56 Å². The average Bonchev–Trinajstić information content (AvgIpc) is 3.16. The monoisotopic (exact) mass is 319 g/mol. The molecular weight excluding hydrogens is 298 g/mol. The number of hydrogen-bond donors (Lipinski definition) is 1. The highest BCUT2D eigenvalue weighted by molar-refractivity contribution is 5.93. The van der Waals surface area contributed by atoms with Crippen molar-refractivity contribution in [2.75, 3.05) is 33.7 Å². The first-order chi connectivity index (χ1) is 10.9. The van der Waals surface area contributed by atoms with Crippen LogP contribution < -0.4 is 0 Å². The second-order valence-electron chi connectivity index (χ2n) is 6.42. The van der Waals surface area contributed by atoms with Crippen LogP contribution in [0.25, 0.3) is 11.3 Å². The van der Waals surface area contributed by atoms with Gasteiger partial charge in [-0.15, -0.1) is 0 Å². The number of aryl methyl sites for hydroxylation is 1. The van der Waals surface area contributed by atoms with Crippen LogP contribution in [0.4, 0.5) is 0 Å². The van der Waals surface area contributed by atoms with Gasteiger partial charge in [-0.05, 0) is 20.5 Å². The fraction of sp³-hybridized carbons (Fsp3) is 0.533. The van der Waals surface area contributed by atoms with Gasteiger partial charge in [0.25, 0.3) is 5.91 Å². The van der Waals surface area contributed by atoms with Gasteiger partial charge in [0.2, 0.25) is 0 Å². The number of aromatic nitrogens is 3. The van der Waals surface area contributed by atoms with Crippen LogP contribution in [0.15, 0.2) is 23.0 Å². The lowest BCUT2D eigenvalue weighted by Crippen LogP contribution is -2.43. The molecule has 0 saturated carbocycles. The van der Waals surface area contributed by atoms with Gasteiger partial charge >= 0.3 is 0 Å². The van der Waals surface area contributed by atoms with E-state index in [2.05, 4.69) is 10.3 Å². The van der Waals surface area contributed by atoms with Crippen molar-refractivity contribution in [3.63, 3.8) is 0 Å². The zero-order valence-electron chi connectivity index (χ0n) is 13.6. The summed E-state index contributed by atoms with van der Waals surface area (Å²) in [6.45, 7) is 1.34. The van der Waals surface area contributed by atoms with Gasteiger partial charge in [0.15, 0.2) is 11.5 Å². The van der Waals surface area contributed by atoms with Crippen molar-refractivity contribution in [1.29, 1.82) is 0 Å². The minimum atomic E-state index is -0.866. The van der Waals surface area contributed by atoms with E-state index >= 15 is 0 Å². The fourth-order valence-electron chi connectivity index (χ4n) is 2.97. The molecule has 1 aliphatic rings. The Balaban J connectivity index is 1.71. The van der Waals surface area contributed by atoms with Gasteiger partial charge in [-0.2, -0.15) is 5.10 Å². The molecule has 2 aromatic rings. The molecule has 8 nitrogen and oxygen atoms in total. The Morgan fingerprint density at radius 2 is 2.30 bits per heavy atom. The molecule has 0 spiro atoms. The summed E-state index contributed by atoms with van der Waals surface area (Å²) in [5, 5.41) is 18.5. The Morgan fingerprint density at radius 3 is 2.96 bits per heavy atom. The predicted molar refractivity (Wildman–Crippen MR) is 82.7 cm³/mol. The molecule has 2 aromatic heterocycles. The van der Waals surface area contributed by atoms with Crippen molar-refractivity contribution in [3.8, 4) is 11.3 Å². The zero-order valence-corrected chi connectivity index (χ0v) is 13.6. The van der Waals surface area contributed by atoms with Crippen molar-refractivity contribution < 1.29 is 14.4 Å². The average molecular weight is 319 g/mol. The van der Waals surface area contributed by atoms with E-state index in [4.69, 9.17) is 4.52 Å². The van der Waals surface area contributed by atoms with Crippen LogP contribution in [-0.2, 0) is 7.05 Å². The summed E-state index contributed by atoms with van der Waals surface area (Å²) in [5.41, 5.74) is 0.150. The number of hydrogen-bond acceptors (Lipinski definition) is 6. The lowest BCUT2D eigenvalue weighted by Gasteiger charge is -2.26. The van der Waals surface area contributed by atoms with E-state index < -0.39 is 5.60 Å². The third kappa shape index (κ3) is 3.27. The molecule has 1 amide bonds. The first-order valence-electron chi connectivity index (χ1n) is 7.48. The van der Waals surface area contributed by atoms with Crippen molar-refractivity contribution in [1.82, 2.24) is 24.7 Å². The van der Waals surface area contributed by atoms with E-state index in [1.165, 1.54) is 0 Å². The third-order valence-corrected chi connectivity index (χ3v) is 3.95. The Hall–Kier alpha value is -2.19. The van der Waals surface area contributed by atoms with Crippen molar-refractivity contribution >= 4 is 5.91 Å². The van der Waals surface area contributed by atoms with E-state index in [0.29, 0.717) is 31.8 Å². The standard InChI is InChI=1S/C15H21N5O3/c1-18(2)9-15(22)4-5-20(10-15)14(21)12-6-13(23-17-12)11-7-16-19(3)8-11/h6-8,22H,4-5,9-10H2,1-3H3. The van der Waals surface area contributed by atoms with Crippen LogP contribution in [0.1, 0.15) is 16.9 Å². The zero-order chi connectivity index (χ0) is 16.6. The number of rotatable bonds is 4. The van der Waals surface area contributed by atoms with Gasteiger partial charge in [0.05, 0.1) is 23.9 Å². The Bertz CT molecular complexity index is 708. The molecule has 0 aromatic carbocycles. The Morgan fingerprint density at radius 1 is 1.52 bits per heavy atom. The van der Waals surface area contributed by atoms with Crippen LogP contribution >= 0.6 is 0 Å². The fourth-order valence-corrected chi connectivity index (χ4v) is 2.97. The number of amides is 1. The molecule has 1 aliphatic heterocycles. The van der Waals surface area contributed by atoms with Crippen molar-refractivity contribution in [2.45, 2.75) is 12.0 Å². The molecule has 0 aliphatic carbocycles. The highest BCUT2D eigenvalue weighted by Crippen LogP contribution is 2.25. The number of carbonyl (C=O) groups excluding carboxylic acids is 1. The minimum absolute atomic E-state index is 0.224. The quantitative estimate of drug-likeness (QED) is 0.867. The summed E-state index contributed by atoms with van der Waals surface area (Å²) < 4.78 is 6.89. The number of β-amino-alcohol motifs (C(OH)–C–C–N with tert-alkyl or cyclic N) is 1. The van der Waals surface area contributed by atoms with E-state index in [-0.39, 0.29) is 11.6 Å². The normalized spacial score (nSPS) is 21.3. The van der Waals surface area contributed by atoms with Crippen molar-refractivity contribution in [3.05, 3.63) is 24.2 Å². The van der Waals surface area contributed by atoms with Gasteiger partial charge in [-0.3, -0.25) is 9.48 Å². The van der Waals surface area contributed by atoms with Gasteiger partial charge in [0, 0.05) is 32.4 Å². The molecule has 1 saturated heterocycles. The molecule has 0 bridgehead atoms. The van der Waals surface area contributed by atoms with Gasteiger partial charge in [0.1, 0.15) is 0 Å². The highest BCUT2D eigenvalue weighted by atomic mass is 16.5. The maximum Gasteiger partial charge on any atom is 0.276 e. The summed E-state index contributed by atoms with van der Waals surface area (Å²) >= 11 is 0. The predicted octanol–water partition coefficient (Wildman–Crippen LogP) is 0.214. The molecule has 23 heavy (non-hydrogen) atoms. The van der Waals surface area contributed by atoms with Gasteiger partial charge in [-0.25, -0.2) is 0 Å². The second-order valence-corrected chi connectivity index (χ2v) is 6.42. The van der Waals surface area contributed by atoms with Gasteiger partial charge in [-0.1, -0.05) is 5.16 Å². The van der Waals surface area contributed by atoms with Crippen LogP contribution in [0.5, 0.6) is 0 Å². The van der Waals surface area contributed by atoms with Gasteiger partial charge < -0.3 is 19.4 Å². The molecule has 8 heteroatoms. The smallest absolute Gasteiger partial charge is 0.276 e. The molecular formula is C15H21N5O3. The topological polar surface area (TPSA) is 87.6 Å². The third-order valence-electron chi connectivity index (χ3n) is 3.95. The minimum Gasteiger partial charge on any atom is -0.387 e. The number of likely N-dealkylation sites (N-methyl/N-ethyl adjacent to an activating group) is 1. The molecule has 3 rings (SSSR count). The maximum atomic E-state index is 12.5. The van der Waals surface area contributed by atoms with Crippen molar-refractivity contribution in [2.24, 2.45) is 7.05 Å². The molecule has 0 radical (unpaired) electrons.